The van der Waals surface area contributed by atoms with Crippen LogP contribution in [0.2, 0.25) is 0 Å². The van der Waals surface area contributed by atoms with Gasteiger partial charge in [-0.25, -0.2) is 11.6 Å². The number of benzene rings is 1. The van der Waals surface area contributed by atoms with Crippen molar-refractivity contribution in [3.8, 4) is 5.88 Å². The molecule has 1 aliphatic carbocycles. The van der Waals surface area contributed by atoms with Crippen molar-refractivity contribution in [3.05, 3.63) is 59.6 Å². The van der Waals surface area contributed by atoms with Crippen molar-refractivity contribution in [1.29, 1.82) is 0 Å². The van der Waals surface area contributed by atoms with Crippen LogP contribution in [0.15, 0.2) is 42.6 Å². The Labute approximate surface area is 152 Å². The first kappa shape index (κ1) is 16.4. The van der Waals surface area contributed by atoms with E-state index in [1.807, 2.05) is 41.1 Å². The monoisotopic (exact) mass is 347 g/mol. The third-order valence-corrected chi connectivity index (χ3v) is 5.00. The van der Waals surface area contributed by atoms with Gasteiger partial charge < -0.3 is 15.3 Å². The Morgan fingerprint density at radius 2 is 2.00 bits per heavy atom. The first-order valence-electron chi connectivity index (χ1n) is 8.94. The molecule has 0 spiro atoms. The molecule has 6 nitrogen and oxygen atoms in total. The number of rotatable bonds is 4. The molecule has 2 aromatic heterocycles. The van der Waals surface area contributed by atoms with Gasteiger partial charge in [-0.05, 0) is 24.5 Å². The van der Waals surface area contributed by atoms with Gasteiger partial charge in [0, 0.05) is 12.6 Å². The Balaban J connectivity index is 1.69. The van der Waals surface area contributed by atoms with Gasteiger partial charge in [0.15, 0.2) is 5.82 Å². The number of anilines is 1. The van der Waals surface area contributed by atoms with E-state index in [4.69, 9.17) is 17.0 Å². The molecule has 1 saturated carbocycles. The zero-order valence-corrected chi connectivity index (χ0v) is 14.5. The Morgan fingerprint density at radius 1 is 1.19 bits per heavy atom. The summed E-state index contributed by atoms with van der Waals surface area (Å²) in [4.78, 5) is 8.19. The minimum atomic E-state index is -0.0481. The highest BCUT2D eigenvalue weighted by Gasteiger charge is 2.33. The molecule has 1 fully saturated rings. The smallest absolute Gasteiger partial charge is 0.245 e. The number of hydrogen-bond acceptors (Lipinski definition) is 4. The highest BCUT2D eigenvalue weighted by Crippen LogP contribution is 2.36. The van der Waals surface area contributed by atoms with Crippen molar-refractivity contribution in [2.24, 2.45) is 0 Å². The van der Waals surface area contributed by atoms with Crippen LogP contribution in [0.5, 0.6) is 5.88 Å². The number of ether oxygens (including phenoxy) is 1. The van der Waals surface area contributed by atoms with Crippen molar-refractivity contribution >= 4 is 16.7 Å². The molecule has 132 valence electrons. The topological polar surface area (TPSA) is 70.3 Å². The predicted molar refractivity (Wildman–Crippen MR) is 101 cm³/mol. The molecule has 0 radical (unpaired) electrons. The van der Waals surface area contributed by atoms with Crippen LogP contribution in [0.25, 0.3) is 15.7 Å². The molecule has 0 unspecified atom stereocenters. The van der Waals surface area contributed by atoms with Crippen LogP contribution in [0, 0.1) is 6.57 Å². The molecule has 1 aromatic carbocycles. The maximum atomic E-state index is 7.51. The summed E-state index contributed by atoms with van der Waals surface area (Å²) in [6.45, 7) is 7.93. The van der Waals surface area contributed by atoms with E-state index in [0.717, 1.165) is 42.1 Å². The summed E-state index contributed by atoms with van der Waals surface area (Å²) in [5.74, 6) is 0.899. The first-order chi connectivity index (χ1) is 12.8. The Hall–Kier alpha value is -3.07. The zero-order valence-electron chi connectivity index (χ0n) is 14.5. The number of fused-ring (bicyclic) bond motifs is 1. The van der Waals surface area contributed by atoms with Crippen LogP contribution in [0.1, 0.15) is 37.3 Å². The average Bonchev–Trinajstić information content (AvgIpc) is 3.04. The molecule has 3 aromatic rings. The molecule has 0 aliphatic heterocycles. The maximum Gasteiger partial charge on any atom is 0.245 e. The van der Waals surface area contributed by atoms with Crippen LogP contribution in [-0.2, 0) is 6.61 Å². The van der Waals surface area contributed by atoms with Gasteiger partial charge in [0.2, 0.25) is 11.9 Å². The fraction of sp³-hybridized carbons (Fsp3) is 0.350. The largest absolute Gasteiger partial charge is 0.472 e. The second kappa shape index (κ2) is 7.04. The second-order valence-corrected chi connectivity index (χ2v) is 6.66. The number of nitrogens with two attached hydrogens (primary N) is 1. The molecular formula is C20H21N5O. The molecule has 0 bridgehead atoms. The quantitative estimate of drug-likeness (QED) is 0.724. The van der Waals surface area contributed by atoms with E-state index >= 15 is 0 Å². The summed E-state index contributed by atoms with van der Waals surface area (Å²) in [5.41, 5.74) is 8.17. The fourth-order valence-electron chi connectivity index (χ4n) is 3.70. The molecule has 2 atom stereocenters. The van der Waals surface area contributed by atoms with Gasteiger partial charge in [0.1, 0.15) is 18.0 Å². The summed E-state index contributed by atoms with van der Waals surface area (Å²) >= 11 is 0. The van der Waals surface area contributed by atoms with Crippen molar-refractivity contribution < 1.29 is 4.74 Å². The van der Waals surface area contributed by atoms with E-state index in [1.54, 1.807) is 6.20 Å². The third kappa shape index (κ3) is 2.97. The van der Waals surface area contributed by atoms with Crippen LogP contribution in [-0.4, -0.2) is 20.8 Å². The second-order valence-electron chi connectivity index (χ2n) is 6.66. The SMILES string of the molecule is [C-]#[N+][C@@H]1CCCC[C@H]1n1nc(N)c2c(OCc3ccccc3)nccc21. The lowest BCUT2D eigenvalue weighted by Gasteiger charge is -2.24. The van der Waals surface area contributed by atoms with Crippen molar-refractivity contribution in [2.45, 2.75) is 44.4 Å². The number of aromatic nitrogens is 3. The standard InChI is InChI=1S/C20H21N5O/c1-22-15-9-5-6-10-16(15)25-17-11-12-23-20(18(17)19(21)24-25)26-13-14-7-3-2-4-8-14/h2-4,7-8,11-12,15-16H,5-6,9-10,13H2,(H2,21,24)/t15-,16-/m1/s1. The minimum absolute atomic E-state index is 0.0481. The number of nitrogen functional groups attached to an aromatic ring is 1. The van der Waals surface area contributed by atoms with Gasteiger partial charge in [-0.15, -0.1) is 0 Å². The molecule has 2 heterocycles. The normalized spacial score (nSPS) is 20.0. The predicted octanol–water partition coefficient (Wildman–Crippen LogP) is 4.00. The fourth-order valence-corrected chi connectivity index (χ4v) is 3.70. The molecule has 6 heteroatoms. The van der Waals surface area contributed by atoms with E-state index in [1.165, 1.54) is 0 Å². The Kier molecular flexibility index (Phi) is 4.44. The van der Waals surface area contributed by atoms with Crippen LogP contribution in [0.4, 0.5) is 5.82 Å². The van der Waals surface area contributed by atoms with E-state index < -0.39 is 0 Å². The van der Waals surface area contributed by atoms with Gasteiger partial charge in [-0.1, -0.05) is 36.8 Å². The van der Waals surface area contributed by atoms with E-state index in [0.29, 0.717) is 18.3 Å². The maximum absolute atomic E-state index is 7.51. The van der Waals surface area contributed by atoms with E-state index in [-0.39, 0.29) is 12.1 Å². The summed E-state index contributed by atoms with van der Waals surface area (Å²) in [7, 11) is 0. The van der Waals surface area contributed by atoms with Crippen LogP contribution >= 0.6 is 0 Å². The third-order valence-electron chi connectivity index (χ3n) is 5.00. The van der Waals surface area contributed by atoms with Gasteiger partial charge in [0.25, 0.3) is 0 Å². The molecule has 26 heavy (non-hydrogen) atoms. The van der Waals surface area contributed by atoms with Gasteiger partial charge in [0.05, 0.1) is 5.52 Å². The molecule has 2 N–H and O–H groups in total. The molecular weight excluding hydrogens is 326 g/mol. The van der Waals surface area contributed by atoms with E-state index in [2.05, 4.69) is 14.9 Å². The lowest BCUT2D eigenvalue weighted by Crippen LogP contribution is -2.26. The van der Waals surface area contributed by atoms with Gasteiger partial charge >= 0.3 is 0 Å². The van der Waals surface area contributed by atoms with E-state index in [9.17, 15) is 0 Å². The highest BCUT2D eigenvalue weighted by molar-refractivity contribution is 5.93. The number of pyridine rings is 1. The van der Waals surface area contributed by atoms with Crippen LogP contribution in [0.3, 0.4) is 0 Å². The molecule has 0 saturated heterocycles. The lowest BCUT2D eigenvalue weighted by atomic mass is 9.91. The molecule has 1 aliphatic rings. The number of hydrogen-bond donors (Lipinski definition) is 1. The Morgan fingerprint density at radius 3 is 2.81 bits per heavy atom. The summed E-state index contributed by atoms with van der Waals surface area (Å²) < 4.78 is 7.86. The first-order valence-corrected chi connectivity index (χ1v) is 8.94. The van der Waals surface area contributed by atoms with Gasteiger partial charge in [-0.3, -0.25) is 4.68 Å². The lowest BCUT2D eigenvalue weighted by molar-refractivity contribution is 0.298. The summed E-state index contributed by atoms with van der Waals surface area (Å²) in [6, 6.07) is 11.9. The highest BCUT2D eigenvalue weighted by atomic mass is 16.5. The number of nitrogens with zero attached hydrogens (tertiary/aromatic N) is 4. The summed E-state index contributed by atoms with van der Waals surface area (Å²) in [5, 5.41) is 5.29. The Bertz CT molecular complexity index is 944. The minimum Gasteiger partial charge on any atom is -0.472 e. The zero-order chi connectivity index (χ0) is 17.9. The van der Waals surface area contributed by atoms with Crippen molar-refractivity contribution in [2.75, 3.05) is 5.73 Å². The van der Waals surface area contributed by atoms with Crippen molar-refractivity contribution in [1.82, 2.24) is 14.8 Å². The molecule has 4 rings (SSSR count). The van der Waals surface area contributed by atoms with Crippen LogP contribution < -0.4 is 10.5 Å². The average molecular weight is 347 g/mol. The summed E-state index contributed by atoms with van der Waals surface area (Å²) in [6.07, 6.45) is 5.80. The van der Waals surface area contributed by atoms with Gasteiger partial charge in [-0.2, -0.15) is 5.10 Å². The molecule has 0 amide bonds. The van der Waals surface area contributed by atoms with Crippen molar-refractivity contribution in [3.63, 3.8) is 0 Å².